The molecule has 0 N–H and O–H groups in total. The smallest absolute Gasteiger partial charge is 0.200 e. The molecular formula is C71H67F5N4O. The monoisotopic (exact) mass is 1090 g/mol. The van der Waals surface area contributed by atoms with E-state index in [1.807, 2.05) is 98.6 Å². The first-order valence-corrected chi connectivity index (χ1v) is 27.9. The maximum Gasteiger partial charge on any atom is 0.200 e. The van der Waals surface area contributed by atoms with Crippen LogP contribution in [0.4, 0.5) is 44.7 Å². The molecule has 8 aromatic carbocycles. The molecule has 0 fully saturated rings. The summed E-state index contributed by atoms with van der Waals surface area (Å²) in [6, 6.07) is 50.9. The van der Waals surface area contributed by atoms with Crippen LogP contribution in [0, 0.1) is 29.1 Å². The zero-order chi connectivity index (χ0) is 57.6. The van der Waals surface area contributed by atoms with Crippen molar-refractivity contribution in [2.75, 3.05) is 16.5 Å². The van der Waals surface area contributed by atoms with Gasteiger partial charge in [0, 0.05) is 45.9 Å². The predicted molar refractivity (Wildman–Crippen MR) is 323 cm³/mol. The topological polar surface area (TPSA) is 33.5 Å². The van der Waals surface area contributed by atoms with Gasteiger partial charge >= 0.3 is 0 Å². The molecule has 11 rings (SSSR count). The number of ether oxygens (including phenoxy) is 1. The fraction of sp³-hybridized carbons (Fsp3) is 0.254. The molecule has 0 bridgehead atoms. The summed E-state index contributed by atoms with van der Waals surface area (Å²) in [6.07, 6.45) is 1.87. The van der Waals surface area contributed by atoms with E-state index in [0.717, 1.165) is 77.9 Å². The Morgan fingerprint density at radius 2 is 1.05 bits per heavy atom. The molecule has 81 heavy (non-hydrogen) atoms. The van der Waals surface area contributed by atoms with Crippen molar-refractivity contribution in [1.29, 1.82) is 0 Å². The second kappa shape index (κ2) is 20.7. The molecule has 1 aliphatic heterocycles. The number of anilines is 4. The van der Waals surface area contributed by atoms with E-state index in [4.69, 9.17) is 9.72 Å². The molecule has 1 aliphatic rings. The molecule has 0 amide bonds. The third kappa shape index (κ3) is 9.91. The van der Waals surface area contributed by atoms with Gasteiger partial charge in [-0.05, 0) is 140 Å². The van der Waals surface area contributed by atoms with Crippen LogP contribution in [0.3, 0.4) is 0 Å². The normalized spacial score (nSPS) is 13.0. The van der Waals surface area contributed by atoms with Gasteiger partial charge in [-0.1, -0.05) is 156 Å². The SMILES string of the molecule is CC(C)c1cc(-c2cc(C(C)(C)C)cc(-c3c(F)c(F)c(F)c(F)c3F)c2N2CN(c3cc(Oc4ccc5c6ccccc6n(-c6cc(C(C)(C)C)ccn6)c5c4)cc(-c4ccccc4C(C)C)c3)c3ccccc32)cc(C(C)C)c1. The lowest BCUT2D eigenvalue weighted by atomic mass is 9.81. The molecule has 0 unspecified atom stereocenters. The highest BCUT2D eigenvalue weighted by atomic mass is 19.2. The Kier molecular flexibility index (Phi) is 14.0. The Balaban J connectivity index is 1.13. The molecule has 10 heteroatoms. The molecule has 0 saturated heterocycles. The van der Waals surface area contributed by atoms with E-state index in [0.29, 0.717) is 34.0 Å². The first kappa shape index (κ1) is 54.7. The molecule has 412 valence electrons. The molecule has 5 nitrogen and oxygen atoms in total. The van der Waals surface area contributed by atoms with Crippen LogP contribution in [0.2, 0.25) is 0 Å². The van der Waals surface area contributed by atoms with Crippen LogP contribution in [0.1, 0.15) is 129 Å². The van der Waals surface area contributed by atoms with Gasteiger partial charge in [-0.2, -0.15) is 0 Å². The molecule has 0 atom stereocenters. The van der Waals surface area contributed by atoms with Gasteiger partial charge in [0.05, 0.1) is 33.7 Å². The summed E-state index contributed by atoms with van der Waals surface area (Å²) in [5.74, 6) is -7.71. The van der Waals surface area contributed by atoms with Gasteiger partial charge in [-0.15, -0.1) is 0 Å². The lowest BCUT2D eigenvalue weighted by Crippen LogP contribution is -2.25. The molecule has 2 aromatic heterocycles. The number of rotatable bonds is 11. The Morgan fingerprint density at radius 3 is 1.70 bits per heavy atom. The minimum atomic E-state index is -2.21. The second-order valence-corrected chi connectivity index (χ2v) is 24.5. The molecule has 0 spiro atoms. The highest BCUT2D eigenvalue weighted by Crippen LogP contribution is 2.54. The summed E-state index contributed by atoms with van der Waals surface area (Å²) in [6.45, 7) is 25.3. The minimum Gasteiger partial charge on any atom is -0.457 e. The van der Waals surface area contributed by atoms with E-state index in [9.17, 15) is 0 Å². The standard InChI is InChI=1S/C71H67F5N4O/c1-40(2)43-29-44(41(3)4)31-45(30-43)56-34-48(71(10,11)12)35-57(63-64(72)66(74)68(76)67(75)65(63)73)69(56)79-39-78(59-23-17-18-24-60(59)79)49-32-46(53-20-14-13-19-52(53)42(5)6)33-51(37-49)81-50-25-26-55-54-21-15-16-22-58(54)80(61(55)38-50)62-36-47(27-28-77-62)70(7,8)9/h13-38,40-42H,39H2,1-12H3. The van der Waals surface area contributed by atoms with Gasteiger partial charge in [-0.25, -0.2) is 26.9 Å². The van der Waals surface area contributed by atoms with Gasteiger partial charge < -0.3 is 14.5 Å². The van der Waals surface area contributed by atoms with Crippen LogP contribution in [-0.4, -0.2) is 16.2 Å². The van der Waals surface area contributed by atoms with Gasteiger partial charge in [0.1, 0.15) is 24.0 Å². The summed E-state index contributed by atoms with van der Waals surface area (Å²) in [5.41, 5.74) is 10.8. The zero-order valence-electron chi connectivity index (χ0n) is 48.0. The first-order chi connectivity index (χ1) is 38.5. The Morgan fingerprint density at radius 1 is 0.469 bits per heavy atom. The van der Waals surface area contributed by atoms with E-state index < -0.39 is 40.1 Å². The summed E-state index contributed by atoms with van der Waals surface area (Å²) < 4.78 is 89.2. The number of halogens is 5. The van der Waals surface area contributed by atoms with Crippen LogP contribution in [0.15, 0.2) is 158 Å². The summed E-state index contributed by atoms with van der Waals surface area (Å²) >= 11 is 0. The van der Waals surface area contributed by atoms with E-state index in [2.05, 4.69) is 151 Å². The molecule has 3 heterocycles. The van der Waals surface area contributed by atoms with Crippen molar-refractivity contribution in [1.82, 2.24) is 9.55 Å². The van der Waals surface area contributed by atoms with Crippen molar-refractivity contribution in [3.8, 4) is 50.7 Å². The number of hydrogen-bond acceptors (Lipinski definition) is 4. The highest BCUT2D eigenvalue weighted by Gasteiger charge is 2.37. The Labute approximate surface area is 472 Å². The first-order valence-electron chi connectivity index (χ1n) is 27.9. The number of aromatic nitrogens is 2. The third-order valence-electron chi connectivity index (χ3n) is 15.9. The predicted octanol–water partition coefficient (Wildman–Crippen LogP) is 20.9. The van der Waals surface area contributed by atoms with E-state index in [1.54, 1.807) is 6.07 Å². The number of hydrogen-bond donors (Lipinski definition) is 0. The average molecular weight is 1090 g/mol. The van der Waals surface area contributed by atoms with Crippen LogP contribution in [0.5, 0.6) is 11.5 Å². The largest absolute Gasteiger partial charge is 0.457 e. The van der Waals surface area contributed by atoms with Crippen molar-refractivity contribution in [2.45, 2.75) is 112 Å². The lowest BCUT2D eigenvalue weighted by Gasteiger charge is -2.31. The third-order valence-corrected chi connectivity index (χ3v) is 15.9. The van der Waals surface area contributed by atoms with Gasteiger partial charge in [0.25, 0.3) is 0 Å². The molecular weight excluding hydrogens is 1020 g/mol. The van der Waals surface area contributed by atoms with Crippen molar-refractivity contribution >= 4 is 44.6 Å². The van der Waals surface area contributed by atoms with E-state index in [1.165, 1.54) is 0 Å². The number of benzene rings is 8. The van der Waals surface area contributed by atoms with Crippen LogP contribution in [-0.2, 0) is 10.8 Å². The highest BCUT2D eigenvalue weighted by molar-refractivity contribution is 6.09. The van der Waals surface area contributed by atoms with Crippen molar-refractivity contribution in [3.63, 3.8) is 0 Å². The number of pyridine rings is 1. The summed E-state index contributed by atoms with van der Waals surface area (Å²) in [7, 11) is 0. The molecule has 0 aliphatic carbocycles. The Bertz CT molecular complexity index is 4050. The molecule has 0 saturated carbocycles. The molecule has 0 radical (unpaired) electrons. The Hall–Kier alpha value is -8.24. The molecule has 10 aromatic rings. The number of nitrogens with zero attached hydrogens (tertiary/aromatic N) is 4. The van der Waals surface area contributed by atoms with Crippen LogP contribution >= 0.6 is 0 Å². The summed E-state index contributed by atoms with van der Waals surface area (Å²) in [4.78, 5) is 8.98. The van der Waals surface area contributed by atoms with Gasteiger partial charge in [0.15, 0.2) is 23.3 Å². The minimum absolute atomic E-state index is 0.0753. The number of para-hydroxylation sites is 3. The van der Waals surface area contributed by atoms with Crippen molar-refractivity contribution in [2.24, 2.45) is 0 Å². The van der Waals surface area contributed by atoms with Crippen molar-refractivity contribution in [3.05, 3.63) is 215 Å². The van der Waals surface area contributed by atoms with E-state index in [-0.39, 0.29) is 35.4 Å². The quantitative estimate of drug-likeness (QED) is 0.0734. The van der Waals surface area contributed by atoms with Crippen LogP contribution in [0.25, 0.3) is 61.0 Å². The fourth-order valence-electron chi connectivity index (χ4n) is 11.4. The fourth-order valence-corrected chi connectivity index (χ4v) is 11.4. The van der Waals surface area contributed by atoms with Gasteiger partial charge in [0.2, 0.25) is 5.82 Å². The average Bonchev–Trinajstić information content (AvgIpc) is 4.25. The maximum absolute atomic E-state index is 16.8. The van der Waals surface area contributed by atoms with Crippen molar-refractivity contribution < 1.29 is 26.7 Å². The van der Waals surface area contributed by atoms with Crippen LogP contribution < -0.4 is 14.5 Å². The lowest BCUT2D eigenvalue weighted by molar-refractivity contribution is 0.381. The zero-order valence-corrected chi connectivity index (χ0v) is 48.0. The number of fused-ring (bicyclic) bond motifs is 4. The van der Waals surface area contributed by atoms with E-state index >= 15 is 22.0 Å². The second-order valence-electron chi connectivity index (χ2n) is 24.5. The maximum atomic E-state index is 16.8. The van der Waals surface area contributed by atoms with Gasteiger partial charge in [-0.3, -0.25) is 4.57 Å². The summed E-state index contributed by atoms with van der Waals surface area (Å²) in [5, 5.41) is 2.13.